The fraction of sp³-hybridized carbons (Fsp3) is 0.318. The minimum atomic E-state index is -0.757. The molecule has 1 atom stereocenters. The molecule has 0 radical (unpaired) electrons. The van der Waals surface area contributed by atoms with Crippen LogP contribution in [0.1, 0.15) is 49.3 Å². The third-order valence-corrected chi connectivity index (χ3v) is 5.52. The van der Waals surface area contributed by atoms with E-state index in [4.69, 9.17) is 10.5 Å². The van der Waals surface area contributed by atoms with Gasteiger partial charge in [-0.3, -0.25) is 0 Å². The number of halogens is 2. The number of rotatable bonds is 3. The average molecular weight is 368 g/mol. The molecular formula is C22H22F2N2O. The molecule has 0 saturated heterocycles. The highest BCUT2D eigenvalue weighted by Gasteiger charge is 2.50. The van der Waals surface area contributed by atoms with Crippen LogP contribution in [0, 0.1) is 11.6 Å². The SMILES string of the molecule is C[C@@]1(c2cc(C=Cc3ccc(F)cc3)ccc2F)CC2(CCC2)OC(N)=N1. The van der Waals surface area contributed by atoms with Crippen LogP contribution in [0.2, 0.25) is 0 Å². The number of nitrogens with two attached hydrogens (primary N) is 1. The summed E-state index contributed by atoms with van der Waals surface area (Å²) in [5.74, 6) is -0.576. The van der Waals surface area contributed by atoms with Gasteiger partial charge in [0.1, 0.15) is 17.2 Å². The summed E-state index contributed by atoms with van der Waals surface area (Å²) in [5, 5.41) is 0. The van der Waals surface area contributed by atoms with Gasteiger partial charge in [-0.1, -0.05) is 30.4 Å². The third-order valence-electron chi connectivity index (χ3n) is 5.52. The summed E-state index contributed by atoms with van der Waals surface area (Å²) >= 11 is 0. The number of aliphatic imine (C=N–C) groups is 1. The van der Waals surface area contributed by atoms with E-state index in [-0.39, 0.29) is 23.3 Å². The summed E-state index contributed by atoms with van der Waals surface area (Å²) in [6.45, 7) is 1.91. The first-order valence-corrected chi connectivity index (χ1v) is 9.16. The van der Waals surface area contributed by atoms with Crippen LogP contribution in [-0.4, -0.2) is 11.6 Å². The highest BCUT2D eigenvalue weighted by Crippen LogP contribution is 2.49. The van der Waals surface area contributed by atoms with Crippen LogP contribution in [0.15, 0.2) is 47.5 Å². The Kier molecular flexibility index (Phi) is 4.25. The summed E-state index contributed by atoms with van der Waals surface area (Å²) in [6.07, 6.45) is 7.29. The largest absolute Gasteiger partial charge is 0.459 e. The summed E-state index contributed by atoms with van der Waals surface area (Å²) in [6, 6.07) is 11.3. The highest BCUT2D eigenvalue weighted by molar-refractivity contribution is 5.74. The lowest BCUT2D eigenvalue weighted by Crippen LogP contribution is -2.52. The molecule has 2 aromatic carbocycles. The molecular weight excluding hydrogens is 346 g/mol. The first-order chi connectivity index (χ1) is 12.9. The van der Waals surface area contributed by atoms with Crippen molar-refractivity contribution in [1.29, 1.82) is 0 Å². The van der Waals surface area contributed by atoms with Gasteiger partial charge in [0.25, 0.3) is 6.02 Å². The van der Waals surface area contributed by atoms with Crippen LogP contribution in [0.5, 0.6) is 0 Å². The second-order valence-electron chi connectivity index (χ2n) is 7.66. The minimum Gasteiger partial charge on any atom is -0.459 e. The summed E-state index contributed by atoms with van der Waals surface area (Å²) in [5.41, 5.74) is 7.09. The van der Waals surface area contributed by atoms with Crippen molar-refractivity contribution in [1.82, 2.24) is 0 Å². The minimum absolute atomic E-state index is 0.134. The Morgan fingerprint density at radius 3 is 2.37 bits per heavy atom. The fourth-order valence-corrected chi connectivity index (χ4v) is 4.02. The first kappa shape index (κ1) is 17.7. The number of benzene rings is 2. The zero-order valence-electron chi connectivity index (χ0n) is 15.2. The molecule has 0 bridgehead atoms. The van der Waals surface area contributed by atoms with Crippen molar-refractivity contribution in [2.24, 2.45) is 10.7 Å². The molecule has 2 aromatic rings. The zero-order chi connectivity index (χ0) is 19.1. The van der Waals surface area contributed by atoms with Gasteiger partial charge in [0.2, 0.25) is 0 Å². The van der Waals surface area contributed by atoms with Crippen molar-refractivity contribution >= 4 is 18.2 Å². The van der Waals surface area contributed by atoms with Crippen molar-refractivity contribution in [2.45, 2.75) is 43.7 Å². The summed E-state index contributed by atoms with van der Waals surface area (Å²) < 4.78 is 33.5. The number of hydrogen-bond acceptors (Lipinski definition) is 3. The maximum atomic E-state index is 14.7. The molecule has 0 unspecified atom stereocenters. The van der Waals surface area contributed by atoms with Gasteiger partial charge in [-0.05, 0) is 61.6 Å². The van der Waals surface area contributed by atoms with Crippen LogP contribution in [0.25, 0.3) is 12.2 Å². The van der Waals surface area contributed by atoms with Crippen LogP contribution in [0.3, 0.4) is 0 Å². The quantitative estimate of drug-likeness (QED) is 0.775. The second-order valence-corrected chi connectivity index (χ2v) is 7.66. The maximum Gasteiger partial charge on any atom is 0.283 e. The highest BCUT2D eigenvalue weighted by atomic mass is 19.1. The van der Waals surface area contributed by atoms with Gasteiger partial charge in [-0.25, -0.2) is 13.8 Å². The van der Waals surface area contributed by atoms with Crippen LogP contribution in [-0.2, 0) is 10.3 Å². The van der Waals surface area contributed by atoms with Crippen molar-refractivity contribution in [3.63, 3.8) is 0 Å². The number of ether oxygens (including phenoxy) is 1. The van der Waals surface area contributed by atoms with E-state index in [1.165, 1.54) is 18.2 Å². The fourth-order valence-electron chi connectivity index (χ4n) is 4.02. The molecule has 4 rings (SSSR count). The zero-order valence-corrected chi connectivity index (χ0v) is 15.2. The van der Waals surface area contributed by atoms with E-state index in [9.17, 15) is 8.78 Å². The Hall–Kier alpha value is -2.69. The van der Waals surface area contributed by atoms with E-state index in [0.717, 1.165) is 30.4 Å². The van der Waals surface area contributed by atoms with Gasteiger partial charge >= 0.3 is 0 Å². The molecule has 1 aliphatic heterocycles. The second kappa shape index (κ2) is 6.48. The summed E-state index contributed by atoms with van der Waals surface area (Å²) in [4.78, 5) is 4.46. The molecule has 1 heterocycles. The lowest BCUT2D eigenvalue weighted by molar-refractivity contribution is -0.0583. The van der Waals surface area contributed by atoms with Crippen molar-refractivity contribution in [2.75, 3.05) is 0 Å². The molecule has 1 aliphatic carbocycles. The van der Waals surface area contributed by atoms with Crippen molar-refractivity contribution < 1.29 is 13.5 Å². The molecule has 1 saturated carbocycles. The van der Waals surface area contributed by atoms with E-state index in [1.807, 2.05) is 25.1 Å². The van der Waals surface area contributed by atoms with Crippen LogP contribution in [0.4, 0.5) is 8.78 Å². The smallest absolute Gasteiger partial charge is 0.283 e. The molecule has 0 aromatic heterocycles. The van der Waals surface area contributed by atoms with Gasteiger partial charge in [0.05, 0.1) is 5.54 Å². The van der Waals surface area contributed by atoms with Gasteiger partial charge in [-0.2, -0.15) is 0 Å². The lowest BCUT2D eigenvalue weighted by atomic mass is 9.69. The normalized spacial score (nSPS) is 23.7. The molecule has 1 spiro atoms. The van der Waals surface area contributed by atoms with E-state index >= 15 is 0 Å². The number of hydrogen-bond donors (Lipinski definition) is 1. The molecule has 3 nitrogen and oxygen atoms in total. The number of nitrogens with zero attached hydrogens (tertiary/aromatic N) is 1. The van der Waals surface area contributed by atoms with Crippen LogP contribution < -0.4 is 5.73 Å². The van der Waals surface area contributed by atoms with E-state index in [2.05, 4.69) is 4.99 Å². The molecule has 2 aliphatic rings. The van der Waals surface area contributed by atoms with Gasteiger partial charge in [0, 0.05) is 12.0 Å². The van der Waals surface area contributed by atoms with Crippen molar-refractivity contribution in [3.05, 3.63) is 70.8 Å². The molecule has 140 valence electrons. The predicted octanol–water partition coefficient (Wildman–Crippen LogP) is 5.01. The molecule has 0 amide bonds. The average Bonchev–Trinajstić information content (AvgIpc) is 2.60. The molecule has 27 heavy (non-hydrogen) atoms. The number of amidine groups is 1. The van der Waals surface area contributed by atoms with E-state index in [0.29, 0.717) is 12.0 Å². The van der Waals surface area contributed by atoms with Crippen LogP contribution >= 0.6 is 0 Å². The van der Waals surface area contributed by atoms with E-state index < -0.39 is 5.54 Å². The third kappa shape index (κ3) is 3.46. The van der Waals surface area contributed by atoms with Gasteiger partial charge in [0.15, 0.2) is 0 Å². The molecule has 1 fully saturated rings. The van der Waals surface area contributed by atoms with Gasteiger partial charge in [-0.15, -0.1) is 0 Å². The Morgan fingerprint density at radius 1 is 1.04 bits per heavy atom. The summed E-state index contributed by atoms with van der Waals surface area (Å²) in [7, 11) is 0. The van der Waals surface area contributed by atoms with E-state index in [1.54, 1.807) is 18.2 Å². The standard InChI is InChI=1S/C22H22F2N2O/c1-21(14-22(11-2-12-22)27-20(25)26-21)18-13-16(7-10-19(18)24)4-3-15-5-8-17(23)9-6-15/h3-10,13H,2,11-12,14H2,1H3,(H2,25,26)/t21-/m0/s1. The predicted molar refractivity (Wildman–Crippen MR) is 103 cm³/mol. The molecule has 2 N–H and O–H groups in total. The Balaban J connectivity index is 1.66. The van der Waals surface area contributed by atoms with Gasteiger partial charge < -0.3 is 10.5 Å². The topological polar surface area (TPSA) is 47.6 Å². The monoisotopic (exact) mass is 368 g/mol. The lowest BCUT2D eigenvalue weighted by Gasteiger charge is -2.48. The Bertz CT molecular complexity index is 916. The maximum absolute atomic E-state index is 14.7. The van der Waals surface area contributed by atoms with Crippen molar-refractivity contribution in [3.8, 4) is 0 Å². The first-order valence-electron chi connectivity index (χ1n) is 9.16. The molecule has 5 heteroatoms. The Labute approximate surface area is 157 Å². The Morgan fingerprint density at radius 2 is 1.70 bits per heavy atom.